The van der Waals surface area contributed by atoms with Crippen LogP contribution in [0.25, 0.3) is 21.9 Å². The lowest BCUT2D eigenvalue weighted by Gasteiger charge is -2.18. The van der Waals surface area contributed by atoms with E-state index in [9.17, 15) is 0 Å². The Morgan fingerprint density at radius 3 is 2.20 bits per heavy atom. The zero-order chi connectivity index (χ0) is 14.1. The predicted molar refractivity (Wildman–Crippen MR) is 76.8 cm³/mol. The molecule has 0 aliphatic carbocycles. The van der Waals surface area contributed by atoms with E-state index in [1.165, 1.54) is 0 Å². The Hall–Kier alpha value is -2.18. The van der Waals surface area contributed by atoms with Crippen LogP contribution in [-0.4, -0.2) is 36.5 Å². The van der Waals surface area contributed by atoms with E-state index in [4.69, 9.17) is 24.8 Å². The summed E-state index contributed by atoms with van der Waals surface area (Å²) in [4.78, 5) is 1.79. The number of aliphatic hydroxyl groups excluding tert-OH is 2. The molecular formula is C14H16N2O4. The number of benzene rings is 1. The van der Waals surface area contributed by atoms with Gasteiger partial charge in [-0.15, -0.1) is 0 Å². The van der Waals surface area contributed by atoms with Crippen molar-refractivity contribution < 1.29 is 19.0 Å². The molecule has 106 valence electrons. The minimum atomic E-state index is -0.00882. The van der Waals surface area contributed by atoms with Gasteiger partial charge in [0.25, 0.3) is 0 Å². The third-order valence-electron chi connectivity index (χ3n) is 3.26. The summed E-state index contributed by atoms with van der Waals surface area (Å²) in [6, 6.07) is 7.27. The van der Waals surface area contributed by atoms with E-state index in [0.29, 0.717) is 36.0 Å². The van der Waals surface area contributed by atoms with Crippen LogP contribution >= 0.6 is 0 Å². The van der Waals surface area contributed by atoms with Crippen LogP contribution in [-0.2, 0) is 0 Å². The molecule has 0 aliphatic rings. The summed E-state index contributed by atoms with van der Waals surface area (Å²) in [6.45, 7) is 0.782. The largest absolute Gasteiger partial charge is 0.441 e. The van der Waals surface area contributed by atoms with Gasteiger partial charge in [-0.2, -0.15) is 0 Å². The molecule has 6 heteroatoms. The third-order valence-corrected chi connectivity index (χ3v) is 3.26. The Morgan fingerprint density at radius 2 is 1.55 bits per heavy atom. The highest BCUT2D eigenvalue weighted by atomic mass is 16.4. The number of furan rings is 2. The molecule has 0 spiro atoms. The lowest BCUT2D eigenvalue weighted by molar-refractivity contribution is 0.278. The summed E-state index contributed by atoms with van der Waals surface area (Å²) in [7, 11) is 0. The van der Waals surface area contributed by atoms with Gasteiger partial charge < -0.3 is 29.7 Å². The molecule has 0 aliphatic heterocycles. The van der Waals surface area contributed by atoms with Gasteiger partial charge in [0.05, 0.1) is 13.2 Å². The van der Waals surface area contributed by atoms with E-state index in [1.807, 2.05) is 18.2 Å². The molecule has 2 aromatic heterocycles. The number of anilines is 2. The first-order valence-corrected chi connectivity index (χ1v) is 6.41. The van der Waals surface area contributed by atoms with Crippen LogP contribution in [0.15, 0.2) is 33.1 Å². The standard InChI is InChI=1S/C14H16N2O4/c15-13-7-9-10-8-14(16(3-5-17)4-6-18)20-12(10)2-1-11(9)19-13/h1-2,7-8,17-18H,3-6,15H2. The Bertz CT molecular complexity index is 725. The molecule has 4 N–H and O–H groups in total. The molecule has 0 fully saturated rings. The van der Waals surface area contributed by atoms with Gasteiger partial charge in [-0.25, -0.2) is 0 Å². The van der Waals surface area contributed by atoms with Gasteiger partial charge in [-0.05, 0) is 12.1 Å². The molecule has 1 aromatic carbocycles. The van der Waals surface area contributed by atoms with E-state index in [-0.39, 0.29) is 13.2 Å². The molecule has 3 rings (SSSR count). The van der Waals surface area contributed by atoms with Crippen molar-refractivity contribution in [2.75, 3.05) is 36.9 Å². The first-order valence-electron chi connectivity index (χ1n) is 6.41. The van der Waals surface area contributed by atoms with Crippen LogP contribution in [0.3, 0.4) is 0 Å². The van der Waals surface area contributed by atoms with Crippen LogP contribution in [0, 0.1) is 0 Å². The van der Waals surface area contributed by atoms with Gasteiger partial charge in [-0.3, -0.25) is 0 Å². The highest BCUT2D eigenvalue weighted by Crippen LogP contribution is 2.34. The smallest absolute Gasteiger partial charge is 0.196 e. The topological polar surface area (TPSA) is 96.0 Å². The summed E-state index contributed by atoms with van der Waals surface area (Å²) in [5.74, 6) is 0.966. The molecule has 0 radical (unpaired) electrons. The van der Waals surface area contributed by atoms with E-state index in [0.717, 1.165) is 10.8 Å². The minimum Gasteiger partial charge on any atom is -0.441 e. The molecule has 0 amide bonds. The summed E-state index contributed by atoms with van der Waals surface area (Å²) in [5, 5.41) is 19.9. The molecule has 3 aromatic rings. The summed E-state index contributed by atoms with van der Waals surface area (Å²) >= 11 is 0. The predicted octanol–water partition coefficient (Wildman–Crippen LogP) is 1.55. The van der Waals surface area contributed by atoms with Gasteiger partial charge in [-0.1, -0.05) is 0 Å². The molecule has 6 nitrogen and oxygen atoms in total. The second-order valence-electron chi connectivity index (χ2n) is 4.56. The van der Waals surface area contributed by atoms with Crippen molar-refractivity contribution in [2.24, 2.45) is 0 Å². The fraction of sp³-hybridized carbons (Fsp3) is 0.286. The number of fused-ring (bicyclic) bond motifs is 3. The second-order valence-corrected chi connectivity index (χ2v) is 4.56. The van der Waals surface area contributed by atoms with Crippen molar-refractivity contribution in [3.05, 3.63) is 24.3 Å². The zero-order valence-corrected chi connectivity index (χ0v) is 10.9. The maximum Gasteiger partial charge on any atom is 0.196 e. The van der Waals surface area contributed by atoms with Crippen LogP contribution in [0.1, 0.15) is 0 Å². The van der Waals surface area contributed by atoms with Gasteiger partial charge >= 0.3 is 0 Å². The third kappa shape index (κ3) is 2.09. The average Bonchev–Trinajstić information content (AvgIpc) is 3.00. The molecule has 0 bridgehead atoms. The Morgan fingerprint density at radius 1 is 0.950 bits per heavy atom. The van der Waals surface area contributed by atoms with Crippen molar-refractivity contribution in [2.45, 2.75) is 0 Å². The molecule has 2 heterocycles. The number of nitrogen functional groups attached to an aromatic ring is 1. The SMILES string of the molecule is Nc1cc2c(ccc3oc(N(CCO)CCO)cc32)o1. The lowest BCUT2D eigenvalue weighted by atomic mass is 10.2. The van der Waals surface area contributed by atoms with E-state index < -0.39 is 0 Å². The first-order chi connectivity index (χ1) is 9.72. The number of nitrogens with zero attached hydrogens (tertiary/aromatic N) is 1. The quantitative estimate of drug-likeness (QED) is 0.654. The van der Waals surface area contributed by atoms with Gasteiger partial charge in [0.1, 0.15) is 11.2 Å². The van der Waals surface area contributed by atoms with Crippen molar-refractivity contribution in [3.63, 3.8) is 0 Å². The Labute approximate surface area is 115 Å². The second kappa shape index (κ2) is 5.07. The fourth-order valence-electron chi connectivity index (χ4n) is 2.37. The Kier molecular flexibility index (Phi) is 3.25. The zero-order valence-electron chi connectivity index (χ0n) is 10.9. The number of aliphatic hydroxyl groups is 2. The molecule has 0 saturated carbocycles. The van der Waals surface area contributed by atoms with Crippen LogP contribution in [0.5, 0.6) is 0 Å². The van der Waals surface area contributed by atoms with Crippen molar-refractivity contribution in [1.29, 1.82) is 0 Å². The molecule has 0 unspecified atom stereocenters. The molecule has 0 saturated heterocycles. The maximum absolute atomic E-state index is 9.08. The molecule has 20 heavy (non-hydrogen) atoms. The lowest BCUT2D eigenvalue weighted by Crippen LogP contribution is -2.29. The van der Waals surface area contributed by atoms with Crippen LogP contribution in [0.4, 0.5) is 11.8 Å². The molecular weight excluding hydrogens is 260 g/mol. The fourth-order valence-corrected chi connectivity index (χ4v) is 2.37. The van der Waals surface area contributed by atoms with E-state index >= 15 is 0 Å². The number of hydrogen-bond donors (Lipinski definition) is 3. The van der Waals surface area contributed by atoms with Gasteiger partial charge in [0.15, 0.2) is 11.8 Å². The van der Waals surface area contributed by atoms with Crippen molar-refractivity contribution in [1.82, 2.24) is 0 Å². The van der Waals surface area contributed by atoms with Gasteiger partial charge in [0.2, 0.25) is 0 Å². The van der Waals surface area contributed by atoms with Crippen LogP contribution in [0.2, 0.25) is 0 Å². The summed E-state index contributed by atoms with van der Waals surface area (Å²) in [6.07, 6.45) is 0. The van der Waals surface area contributed by atoms with E-state index in [2.05, 4.69) is 0 Å². The maximum atomic E-state index is 9.08. The minimum absolute atomic E-state index is 0.00882. The highest BCUT2D eigenvalue weighted by molar-refractivity contribution is 6.06. The molecule has 0 atom stereocenters. The van der Waals surface area contributed by atoms with Gasteiger partial charge in [0, 0.05) is 36.0 Å². The van der Waals surface area contributed by atoms with Crippen molar-refractivity contribution in [3.8, 4) is 0 Å². The van der Waals surface area contributed by atoms with Crippen molar-refractivity contribution >= 4 is 33.7 Å². The van der Waals surface area contributed by atoms with Crippen LogP contribution < -0.4 is 10.6 Å². The normalized spacial score (nSPS) is 11.5. The number of hydrogen-bond acceptors (Lipinski definition) is 6. The summed E-state index contributed by atoms with van der Waals surface area (Å²) < 4.78 is 11.2. The average molecular weight is 276 g/mol. The number of rotatable bonds is 5. The highest BCUT2D eigenvalue weighted by Gasteiger charge is 2.14. The summed E-state index contributed by atoms with van der Waals surface area (Å²) in [5.41, 5.74) is 7.09. The monoisotopic (exact) mass is 276 g/mol. The van der Waals surface area contributed by atoms with E-state index in [1.54, 1.807) is 11.0 Å². The Balaban J connectivity index is 2.11. The number of nitrogens with two attached hydrogens (primary N) is 1. The first kappa shape index (κ1) is 12.8.